The highest BCUT2D eigenvalue weighted by atomic mass is 15.0. The zero-order valence-electron chi connectivity index (χ0n) is 10.3. The van der Waals surface area contributed by atoms with E-state index in [4.69, 9.17) is 0 Å². The molecule has 2 rings (SSSR count). The van der Waals surface area contributed by atoms with Gasteiger partial charge in [0, 0.05) is 18.3 Å². The molecule has 1 unspecified atom stereocenters. The third-order valence-electron chi connectivity index (χ3n) is 3.75. The molecule has 88 valence electrons. The van der Waals surface area contributed by atoms with Crippen LogP contribution in [0.15, 0.2) is 24.4 Å². The molecule has 1 saturated carbocycles. The van der Waals surface area contributed by atoms with Crippen molar-refractivity contribution in [2.24, 2.45) is 5.92 Å². The Hall–Kier alpha value is -0.890. The predicted molar refractivity (Wildman–Crippen MR) is 67.2 cm³/mol. The summed E-state index contributed by atoms with van der Waals surface area (Å²) in [4.78, 5) is 4.40. The summed E-state index contributed by atoms with van der Waals surface area (Å²) in [5.74, 6) is 0.867. The molecule has 16 heavy (non-hydrogen) atoms. The Bertz CT molecular complexity index is 304. The van der Waals surface area contributed by atoms with E-state index in [9.17, 15) is 0 Å². The molecule has 1 N–H and O–H groups in total. The van der Waals surface area contributed by atoms with E-state index in [1.54, 1.807) is 0 Å². The fourth-order valence-corrected chi connectivity index (χ4v) is 2.71. The molecule has 0 aliphatic heterocycles. The largest absolute Gasteiger partial charge is 0.306 e. The summed E-state index contributed by atoms with van der Waals surface area (Å²) in [6, 6.07) is 7.09. The molecule has 1 aromatic heterocycles. The number of pyridine rings is 1. The van der Waals surface area contributed by atoms with Crippen LogP contribution in [-0.2, 0) is 0 Å². The first-order valence-electron chi connectivity index (χ1n) is 6.44. The van der Waals surface area contributed by atoms with Gasteiger partial charge in [-0.05, 0) is 44.7 Å². The van der Waals surface area contributed by atoms with Crippen molar-refractivity contribution in [3.63, 3.8) is 0 Å². The lowest BCUT2D eigenvalue weighted by Crippen LogP contribution is -2.34. The molecule has 0 spiro atoms. The number of hydrogen-bond acceptors (Lipinski definition) is 2. The molecule has 0 radical (unpaired) electrons. The minimum atomic E-state index is 0.358. The molecule has 0 bridgehead atoms. The van der Waals surface area contributed by atoms with Gasteiger partial charge in [-0.3, -0.25) is 4.98 Å². The SMILES string of the molecule is CC(N[C@H](C)C1CCCC1)c1ccccn1. The molecule has 2 nitrogen and oxygen atoms in total. The summed E-state index contributed by atoms with van der Waals surface area (Å²) in [6.07, 6.45) is 7.48. The van der Waals surface area contributed by atoms with Crippen LogP contribution in [0.5, 0.6) is 0 Å². The summed E-state index contributed by atoms with van der Waals surface area (Å²) in [7, 11) is 0. The zero-order chi connectivity index (χ0) is 11.4. The average Bonchev–Trinajstić information content (AvgIpc) is 2.83. The fourth-order valence-electron chi connectivity index (χ4n) is 2.71. The Morgan fingerprint density at radius 1 is 1.25 bits per heavy atom. The van der Waals surface area contributed by atoms with Gasteiger partial charge >= 0.3 is 0 Å². The maximum atomic E-state index is 4.40. The quantitative estimate of drug-likeness (QED) is 0.838. The van der Waals surface area contributed by atoms with E-state index in [1.165, 1.54) is 25.7 Å². The van der Waals surface area contributed by atoms with E-state index in [-0.39, 0.29) is 0 Å². The van der Waals surface area contributed by atoms with Gasteiger partial charge in [-0.2, -0.15) is 0 Å². The predicted octanol–water partition coefficient (Wildman–Crippen LogP) is 3.31. The molecule has 0 aromatic carbocycles. The second kappa shape index (κ2) is 5.44. The van der Waals surface area contributed by atoms with E-state index < -0.39 is 0 Å². The zero-order valence-corrected chi connectivity index (χ0v) is 10.3. The van der Waals surface area contributed by atoms with Crippen molar-refractivity contribution in [1.29, 1.82) is 0 Å². The van der Waals surface area contributed by atoms with Gasteiger partial charge in [0.2, 0.25) is 0 Å². The van der Waals surface area contributed by atoms with Crippen LogP contribution < -0.4 is 5.32 Å². The van der Waals surface area contributed by atoms with Crippen LogP contribution in [0.25, 0.3) is 0 Å². The maximum absolute atomic E-state index is 4.40. The molecule has 1 aromatic rings. The van der Waals surface area contributed by atoms with E-state index in [0.29, 0.717) is 12.1 Å². The normalized spacial score (nSPS) is 20.9. The summed E-state index contributed by atoms with van der Waals surface area (Å²) < 4.78 is 0. The van der Waals surface area contributed by atoms with E-state index in [2.05, 4.69) is 36.3 Å². The average molecular weight is 218 g/mol. The van der Waals surface area contributed by atoms with Crippen LogP contribution >= 0.6 is 0 Å². The van der Waals surface area contributed by atoms with Crippen molar-refractivity contribution >= 4 is 0 Å². The van der Waals surface area contributed by atoms with Crippen LogP contribution in [0.4, 0.5) is 0 Å². The number of nitrogens with zero attached hydrogens (tertiary/aromatic N) is 1. The van der Waals surface area contributed by atoms with Gasteiger partial charge in [0.25, 0.3) is 0 Å². The third kappa shape index (κ3) is 2.82. The van der Waals surface area contributed by atoms with E-state index >= 15 is 0 Å². The lowest BCUT2D eigenvalue weighted by molar-refractivity contribution is 0.350. The van der Waals surface area contributed by atoms with Crippen LogP contribution in [0.1, 0.15) is 51.3 Å². The maximum Gasteiger partial charge on any atom is 0.0570 e. The van der Waals surface area contributed by atoms with Crippen molar-refractivity contribution in [3.8, 4) is 0 Å². The van der Waals surface area contributed by atoms with E-state index in [0.717, 1.165) is 11.6 Å². The number of nitrogens with one attached hydrogen (secondary N) is 1. The minimum Gasteiger partial charge on any atom is -0.306 e. The molecule has 1 aliphatic rings. The molecule has 0 amide bonds. The van der Waals surface area contributed by atoms with Gasteiger partial charge in [0.05, 0.1) is 5.69 Å². The van der Waals surface area contributed by atoms with Crippen LogP contribution in [0, 0.1) is 5.92 Å². The number of rotatable bonds is 4. The first kappa shape index (κ1) is 11.6. The molecular weight excluding hydrogens is 196 g/mol. The summed E-state index contributed by atoms with van der Waals surface area (Å²) in [6.45, 7) is 4.52. The lowest BCUT2D eigenvalue weighted by Gasteiger charge is -2.24. The summed E-state index contributed by atoms with van der Waals surface area (Å²) >= 11 is 0. The van der Waals surface area contributed by atoms with Crippen LogP contribution in [-0.4, -0.2) is 11.0 Å². The topological polar surface area (TPSA) is 24.9 Å². The Morgan fingerprint density at radius 2 is 2.00 bits per heavy atom. The Kier molecular flexibility index (Phi) is 3.94. The van der Waals surface area contributed by atoms with Gasteiger partial charge in [0.15, 0.2) is 0 Å². The summed E-state index contributed by atoms with van der Waals surface area (Å²) in [5, 5.41) is 3.68. The van der Waals surface area contributed by atoms with Gasteiger partial charge in [-0.1, -0.05) is 18.9 Å². The Balaban J connectivity index is 1.89. The van der Waals surface area contributed by atoms with Crippen LogP contribution in [0.3, 0.4) is 0 Å². The molecule has 1 heterocycles. The molecule has 1 aliphatic carbocycles. The number of aromatic nitrogens is 1. The highest BCUT2D eigenvalue weighted by Crippen LogP contribution is 2.28. The molecule has 2 atom stereocenters. The van der Waals surface area contributed by atoms with Gasteiger partial charge in [-0.25, -0.2) is 0 Å². The van der Waals surface area contributed by atoms with Gasteiger partial charge < -0.3 is 5.32 Å². The van der Waals surface area contributed by atoms with E-state index in [1.807, 2.05) is 12.3 Å². The Morgan fingerprint density at radius 3 is 2.62 bits per heavy atom. The van der Waals surface area contributed by atoms with Crippen molar-refractivity contribution < 1.29 is 0 Å². The molecule has 1 fully saturated rings. The molecular formula is C14H22N2. The number of hydrogen-bond donors (Lipinski definition) is 1. The first-order valence-corrected chi connectivity index (χ1v) is 6.44. The molecule has 2 heteroatoms. The highest BCUT2D eigenvalue weighted by Gasteiger charge is 2.22. The monoisotopic (exact) mass is 218 g/mol. The highest BCUT2D eigenvalue weighted by molar-refractivity contribution is 5.07. The lowest BCUT2D eigenvalue weighted by atomic mass is 9.98. The van der Waals surface area contributed by atoms with Crippen molar-refractivity contribution in [2.45, 2.75) is 51.6 Å². The van der Waals surface area contributed by atoms with Crippen molar-refractivity contribution in [1.82, 2.24) is 10.3 Å². The summed E-state index contributed by atoms with van der Waals surface area (Å²) in [5.41, 5.74) is 1.15. The van der Waals surface area contributed by atoms with Gasteiger partial charge in [-0.15, -0.1) is 0 Å². The van der Waals surface area contributed by atoms with Crippen molar-refractivity contribution in [2.75, 3.05) is 0 Å². The fraction of sp³-hybridized carbons (Fsp3) is 0.643. The third-order valence-corrected chi connectivity index (χ3v) is 3.75. The molecule has 0 saturated heterocycles. The smallest absolute Gasteiger partial charge is 0.0570 e. The first-order chi connectivity index (χ1) is 7.77. The Labute approximate surface area is 98.5 Å². The second-order valence-corrected chi connectivity index (χ2v) is 4.98. The minimum absolute atomic E-state index is 0.358. The van der Waals surface area contributed by atoms with Gasteiger partial charge in [0.1, 0.15) is 0 Å². The van der Waals surface area contributed by atoms with Crippen molar-refractivity contribution in [3.05, 3.63) is 30.1 Å². The standard InChI is InChI=1S/C14H22N2/c1-11(13-7-3-4-8-13)16-12(2)14-9-5-6-10-15-14/h5-6,9-13,16H,3-4,7-8H2,1-2H3/t11-,12?/m1/s1. The second-order valence-electron chi connectivity index (χ2n) is 4.98. The van der Waals surface area contributed by atoms with Crippen LogP contribution in [0.2, 0.25) is 0 Å².